The van der Waals surface area contributed by atoms with Crippen molar-refractivity contribution < 1.29 is 23.8 Å². The molecule has 0 heterocycles. The average molecular weight is 496 g/mol. The topological polar surface area (TPSA) is 65.1 Å². The van der Waals surface area contributed by atoms with Crippen LogP contribution in [0, 0.1) is 6.92 Å². The Kier molecular flexibility index (Phi) is 9.15. The van der Waals surface area contributed by atoms with E-state index in [0.29, 0.717) is 29.6 Å². The SMILES string of the molecule is CCN(Cc1cc(C)ccc1-c1cc(CC(=O)OC)ccc1OC)C(=O)COc1ccc(Cl)cc1. The summed E-state index contributed by atoms with van der Waals surface area (Å²) in [6.45, 7) is 4.80. The van der Waals surface area contributed by atoms with Crippen molar-refractivity contribution in [2.45, 2.75) is 26.8 Å². The number of hydrogen-bond donors (Lipinski definition) is 0. The minimum absolute atomic E-state index is 0.0748. The van der Waals surface area contributed by atoms with Crippen LogP contribution in [0.5, 0.6) is 11.5 Å². The Balaban J connectivity index is 1.87. The molecule has 6 nitrogen and oxygen atoms in total. The van der Waals surface area contributed by atoms with Gasteiger partial charge in [-0.25, -0.2) is 0 Å². The van der Waals surface area contributed by atoms with E-state index >= 15 is 0 Å². The predicted molar refractivity (Wildman–Crippen MR) is 137 cm³/mol. The summed E-state index contributed by atoms with van der Waals surface area (Å²) in [5.74, 6) is 0.835. The van der Waals surface area contributed by atoms with E-state index < -0.39 is 0 Å². The molecule has 3 aromatic rings. The molecular weight excluding hydrogens is 466 g/mol. The Bertz CT molecular complexity index is 1180. The van der Waals surface area contributed by atoms with Gasteiger partial charge in [-0.05, 0) is 66.9 Å². The van der Waals surface area contributed by atoms with E-state index in [1.54, 1.807) is 36.3 Å². The van der Waals surface area contributed by atoms with Crippen LogP contribution in [0.25, 0.3) is 11.1 Å². The zero-order chi connectivity index (χ0) is 25.4. The normalized spacial score (nSPS) is 10.5. The first kappa shape index (κ1) is 26.1. The number of likely N-dealkylation sites (N-methyl/N-ethyl adjacent to an activating group) is 1. The largest absolute Gasteiger partial charge is 0.496 e. The number of carbonyl (C=O) groups excluding carboxylic acids is 2. The van der Waals surface area contributed by atoms with Crippen molar-refractivity contribution in [3.8, 4) is 22.6 Å². The van der Waals surface area contributed by atoms with E-state index in [2.05, 4.69) is 6.07 Å². The third kappa shape index (κ3) is 6.99. The zero-order valence-corrected chi connectivity index (χ0v) is 21.2. The quantitative estimate of drug-likeness (QED) is 0.349. The van der Waals surface area contributed by atoms with E-state index in [4.69, 9.17) is 25.8 Å². The molecule has 35 heavy (non-hydrogen) atoms. The Morgan fingerprint density at radius 3 is 2.34 bits per heavy atom. The van der Waals surface area contributed by atoms with Crippen molar-refractivity contribution in [2.24, 2.45) is 0 Å². The standard InChI is InChI=1S/C28H30ClNO5/c1-5-30(27(31)18-35-23-10-8-22(29)9-11-23)17-21-14-19(2)6-12-24(21)25-15-20(16-28(32)34-4)7-13-26(25)33-3/h6-15H,5,16-18H2,1-4H3. The van der Waals surface area contributed by atoms with E-state index in [0.717, 1.165) is 27.8 Å². The van der Waals surface area contributed by atoms with E-state index in [1.807, 2.05) is 44.2 Å². The first-order chi connectivity index (χ1) is 16.8. The first-order valence-corrected chi connectivity index (χ1v) is 11.7. The van der Waals surface area contributed by atoms with Gasteiger partial charge in [0, 0.05) is 23.7 Å². The maximum atomic E-state index is 13.0. The van der Waals surface area contributed by atoms with Gasteiger partial charge in [0.2, 0.25) is 0 Å². The van der Waals surface area contributed by atoms with Crippen LogP contribution in [0.15, 0.2) is 60.7 Å². The fourth-order valence-electron chi connectivity index (χ4n) is 3.78. The van der Waals surface area contributed by atoms with Crippen molar-refractivity contribution in [3.63, 3.8) is 0 Å². The first-order valence-electron chi connectivity index (χ1n) is 11.3. The second kappa shape index (κ2) is 12.3. The summed E-state index contributed by atoms with van der Waals surface area (Å²) in [6, 6.07) is 18.7. The number of halogens is 1. The zero-order valence-electron chi connectivity index (χ0n) is 20.5. The minimum atomic E-state index is -0.311. The molecule has 1 amide bonds. The van der Waals surface area contributed by atoms with Gasteiger partial charge in [-0.3, -0.25) is 9.59 Å². The minimum Gasteiger partial charge on any atom is -0.496 e. The lowest BCUT2D eigenvalue weighted by Crippen LogP contribution is -2.34. The second-order valence-electron chi connectivity index (χ2n) is 8.10. The molecule has 184 valence electrons. The Labute approximate surface area is 211 Å². The molecule has 0 aromatic heterocycles. The molecule has 0 atom stereocenters. The number of esters is 1. The number of methoxy groups -OCH3 is 2. The molecule has 0 radical (unpaired) electrons. The summed E-state index contributed by atoms with van der Waals surface area (Å²) < 4.78 is 16.1. The summed E-state index contributed by atoms with van der Waals surface area (Å²) in [7, 11) is 2.99. The lowest BCUT2D eigenvalue weighted by Gasteiger charge is -2.24. The van der Waals surface area contributed by atoms with Gasteiger partial charge in [0.1, 0.15) is 11.5 Å². The number of benzene rings is 3. The number of hydrogen-bond acceptors (Lipinski definition) is 5. The fourth-order valence-corrected chi connectivity index (χ4v) is 3.91. The van der Waals surface area contributed by atoms with Crippen LogP contribution >= 0.6 is 11.6 Å². The van der Waals surface area contributed by atoms with Crippen molar-refractivity contribution in [1.82, 2.24) is 4.90 Å². The monoisotopic (exact) mass is 495 g/mol. The summed E-state index contributed by atoms with van der Waals surface area (Å²) in [6.07, 6.45) is 0.163. The Hall–Kier alpha value is -3.51. The van der Waals surface area contributed by atoms with Crippen molar-refractivity contribution >= 4 is 23.5 Å². The van der Waals surface area contributed by atoms with Gasteiger partial charge in [0.25, 0.3) is 5.91 Å². The van der Waals surface area contributed by atoms with Crippen molar-refractivity contribution in [2.75, 3.05) is 27.4 Å². The van der Waals surface area contributed by atoms with Crippen LogP contribution in [0.2, 0.25) is 5.02 Å². The fraction of sp³-hybridized carbons (Fsp3) is 0.286. The lowest BCUT2D eigenvalue weighted by molar-refractivity contribution is -0.139. The number of carbonyl (C=O) groups is 2. The average Bonchev–Trinajstić information content (AvgIpc) is 2.86. The summed E-state index contributed by atoms with van der Waals surface area (Å²) in [5, 5.41) is 0.608. The molecule has 0 aliphatic rings. The van der Waals surface area contributed by atoms with Crippen LogP contribution < -0.4 is 9.47 Å². The molecule has 0 spiro atoms. The van der Waals surface area contributed by atoms with E-state index in [-0.39, 0.29) is 24.9 Å². The van der Waals surface area contributed by atoms with Gasteiger partial charge in [0.05, 0.1) is 20.6 Å². The van der Waals surface area contributed by atoms with Crippen LogP contribution in [0.1, 0.15) is 23.6 Å². The molecule has 0 bridgehead atoms. The van der Waals surface area contributed by atoms with Crippen LogP contribution in [-0.2, 0) is 27.3 Å². The molecule has 0 aliphatic carbocycles. The third-order valence-corrected chi connectivity index (χ3v) is 5.91. The molecule has 0 fully saturated rings. The van der Waals surface area contributed by atoms with Gasteiger partial charge >= 0.3 is 5.97 Å². The maximum absolute atomic E-state index is 13.0. The van der Waals surface area contributed by atoms with E-state index in [1.165, 1.54) is 7.11 Å². The number of ether oxygens (including phenoxy) is 3. The molecule has 0 unspecified atom stereocenters. The molecule has 3 aromatic carbocycles. The predicted octanol–water partition coefficient (Wildman–Crippen LogP) is 5.47. The van der Waals surface area contributed by atoms with E-state index in [9.17, 15) is 9.59 Å². The number of aryl methyl sites for hydroxylation is 1. The molecular formula is C28H30ClNO5. The van der Waals surface area contributed by atoms with Gasteiger partial charge in [0.15, 0.2) is 6.61 Å². The molecule has 0 aliphatic heterocycles. The molecule has 7 heteroatoms. The molecule has 0 saturated carbocycles. The maximum Gasteiger partial charge on any atom is 0.309 e. The highest BCUT2D eigenvalue weighted by atomic mass is 35.5. The molecule has 0 N–H and O–H groups in total. The highest BCUT2D eigenvalue weighted by Crippen LogP contribution is 2.34. The summed E-state index contributed by atoms with van der Waals surface area (Å²) in [5.41, 5.74) is 4.65. The third-order valence-electron chi connectivity index (χ3n) is 5.66. The highest BCUT2D eigenvalue weighted by molar-refractivity contribution is 6.30. The molecule has 3 rings (SSSR count). The van der Waals surface area contributed by atoms with Crippen molar-refractivity contribution in [1.29, 1.82) is 0 Å². The molecule has 0 saturated heterocycles. The number of amides is 1. The smallest absolute Gasteiger partial charge is 0.309 e. The van der Waals surface area contributed by atoms with Crippen molar-refractivity contribution in [3.05, 3.63) is 82.4 Å². The lowest BCUT2D eigenvalue weighted by atomic mass is 9.94. The van der Waals surface area contributed by atoms with Gasteiger partial charge in [-0.2, -0.15) is 0 Å². The summed E-state index contributed by atoms with van der Waals surface area (Å²) in [4.78, 5) is 26.6. The second-order valence-corrected chi connectivity index (χ2v) is 8.54. The van der Waals surface area contributed by atoms with Gasteiger partial charge < -0.3 is 19.1 Å². The Morgan fingerprint density at radius 1 is 0.943 bits per heavy atom. The summed E-state index contributed by atoms with van der Waals surface area (Å²) >= 11 is 5.92. The van der Waals surface area contributed by atoms with Crippen LogP contribution in [-0.4, -0.2) is 44.1 Å². The van der Waals surface area contributed by atoms with Crippen LogP contribution in [0.3, 0.4) is 0 Å². The van der Waals surface area contributed by atoms with Gasteiger partial charge in [-0.1, -0.05) is 41.4 Å². The number of rotatable bonds is 10. The van der Waals surface area contributed by atoms with Gasteiger partial charge in [-0.15, -0.1) is 0 Å². The highest BCUT2D eigenvalue weighted by Gasteiger charge is 2.18. The Morgan fingerprint density at radius 2 is 1.69 bits per heavy atom. The number of nitrogens with zero attached hydrogens (tertiary/aromatic N) is 1. The van der Waals surface area contributed by atoms with Crippen LogP contribution in [0.4, 0.5) is 0 Å².